The summed E-state index contributed by atoms with van der Waals surface area (Å²) in [5, 5.41) is 8.41. The number of hydrogen-bond donors (Lipinski definition) is 0. The van der Waals surface area contributed by atoms with Crippen molar-refractivity contribution in [2.45, 2.75) is 116 Å². The lowest BCUT2D eigenvalue weighted by atomic mass is 9.74. The van der Waals surface area contributed by atoms with Gasteiger partial charge in [-0.05, 0) is 92.2 Å². The zero-order valence-corrected chi connectivity index (χ0v) is 21.5. The smallest absolute Gasteiger partial charge is 0.195 e. The van der Waals surface area contributed by atoms with E-state index in [1.165, 1.54) is 114 Å². The molecular weight excluding hydrogens is 417 g/mol. The number of unbranched alkanes of at least 4 members (excludes halogenated alkanes) is 2. The summed E-state index contributed by atoms with van der Waals surface area (Å²) in [5.41, 5.74) is 3.09. The van der Waals surface area contributed by atoms with Gasteiger partial charge in [-0.2, -0.15) is 9.65 Å². The molecule has 0 saturated heterocycles. The molecule has 186 valence electrons. The van der Waals surface area contributed by atoms with Gasteiger partial charge in [0, 0.05) is 0 Å². The van der Waals surface area contributed by atoms with E-state index in [1.807, 2.05) is 6.08 Å². The molecule has 0 heterocycles. The Balaban J connectivity index is 1.27. The Hall–Kier alpha value is -1.88. The van der Waals surface area contributed by atoms with E-state index in [4.69, 9.17) is 5.26 Å². The van der Waals surface area contributed by atoms with Crippen LogP contribution in [0.2, 0.25) is 0 Å². The van der Waals surface area contributed by atoms with Gasteiger partial charge < -0.3 is 0 Å². The highest BCUT2D eigenvalue weighted by molar-refractivity contribution is 5.26. The van der Waals surface area contributed by atoms with E-state index >= 15 is 0 Å². The lowest BCUT2D eigenvalue weighted by molar-refractivity contribution is 0.225. The maximum absolute atomic E-state index is 12.8. The van der Waals surface area contributed by atoms with Gasteiger partial charge >= 0.3 is 0 Å². The lowest BCUT2D eigenvalue weighted by Crippen LogP contribution is -2.17. The lowest BCUT2D eigenvalue weighted by Gasteiger charge is -2.32. The number of halogens is 1. The Morgan fingerprint density at radius 2 is 1.47 bits per heavy atom. The molecule has 1 aromatic rings. The summed E-state index contributed by atoms with van der Waals surface area (Å²) in [5.74, 6) is 2.81. The Morgan fingerprint density at radius 3 is 2.06 bits per heavy atom. The first kappa shape index (κ1) is 26.7. The molecule has 2 fully saturated rings. The average molecular weight is 464 g/mol. The monoisotopic (exact) mass is 463 g/mol. The van der Waals surface area contributed by atoms with Crippen LogP contribution in [0.1, 0.15) is 120 Å². The van der Waals surface area contributed by atoms with Crippen LogP contribution in [-0.2, 0) is 6.42 Å². The number of allylic oxidation sites excluding steroid dienone is 4. The zero-order chi connectivity index (χ0) is 24.0. The van der Waals surface area contributed by atoms with Crippen molar-refractivity contribution in [3.05, 3.63) is 59.4 Å². The first-order chi connectivity index (χ1) is 16.7. The molecule has 0 aliphatic heterocycles. The second-order valence-corrected chi connectivity index (χ2v) is 11.0. The van der Waals surface area contributed by atoms with Crippen LogP contribution in [0.15, 0.2) is 48.3 Å². The summed E-state index contributed by atoms with van der Waals surface area (Å²) in [6.45, 7) is 2.27. The highest BCUT2D eigenvalue weighted by Crippen LogP contribution is 2.40. The molecule has 0 radical (unpaired) electrons. The molecule has 0 bridgehead atoms. The van der Waals surface area contributed by atoms with Crippen LogP contribution in [0, 0.1) is 29.1 Å². The van der Waals surface area contributed by atoms with Crippen molar-refractivity contribution in [1.82, 2.24) is 0 Å². The summed E-state index contributed by atoms with van der Waals surface area (Å²) in [6.07, 6.45) is 26.4. The molecule has 0 unspecified atom stereocenters. The van der Waals surface area contributed by atoms with E-state index < -0.39 is 5.83 Å². The van der Waals surface area contributed by atoms with Crippen molar-refractivity contribution in [3.8, 4) is 6.07 Å². The third-order valence-electron chi connectivity index (χ3n) is 8.54. The third kappa shape index (κ3) is 9.40. The zero-order valence-electron chi connectivity index (χ0n) is 21.5. The second kappa shape index (κ2) is 15.2. The van der Waals surface area contributed by atoms with Gasteiger partial charge in [0.05, 0.1) is 0 Å². The number of hydrogen-bond acceptors (Lipinski definition) is 1. The van der Waals surface area contributed by atoms with Crippen molar-refractivity contribution < 1.29 is 4.39 Å². The maximum Gasteiger partial charge on any atom is 0.199 e. The van der Waals surface area contributed by atoms with E-state index in [0.717, 1.165) is 30.1 Å². The van der Waals surface area contributed by atoms with Gasteiger partial charge in [-0.3, -0.25) is 0 Å². The predicted molar refractivity (Wildman–Crippen MR) is 142 cm³/mol. The van der Waals surface area contributed by atoms with Crippen LogP contribution in [0.4, 0.5) is 4.39 Å². The van der Waals surface area contributed by atoms with Crippen molar-refractivity contribution in [3.63, 3.8) is 0 Å². The molecule has 2 saturated carbocycles. The van der Waals surface area contributed by atoms with Gasteiger partial charge in [0.15, 0.2) is 5.83 Å². The van der Waals surface area contributed by atoms with E-state index in [-0.39, 0.29) is 0 Å². The van der Waals surface area contributed by atoms with Gasteiger partial charge in [-0.15, -0.1) is 0 Å². The van der Waals surface area contributed by atoms with Crippen molar-refractivity contribution >= 4 is 0 Å². The highest BCUT2D eigenvalue weighted by Gasteiger charge is 2.25. The largest absolute Gasteiger partial charge is 0.199 e. The van der Waals surface area contributed by atoms with Crippen LogP contribution in [-0.4, -0.2) is 0 Å². The summed E-state index contributed by atoms with van der Waals surface area (Å²) in [7, 11) is 0. The Bertz CT molecular complexity index is 783. The number of nitrogens with zero attached hydrogens (tertiary/aromatic N) is 1. The first-order valence-electron chi connectivity index (χ1n) is 14.2. The fraction of sp³-hybridized carbons (Fsp3) is 0.656. The van der Waals surface area contributed by atoms with Gasteiger partial charge in [0.2, 0.25) is 0 Å². The number of benzene rings is 1. The van der Waals surface area contributed by atoms with E-state index in [9.17, 15) is 4.39 Å². The Kier molecular flexibility index (Phi) is 11.9. The molecule has 2 heteroatoms. The summed E-state index contributed by atoms with van der Waals surface area (Å²) in [4.78, 5) is 0. The minimum absolute atomic E-state index is 0.711. The minimum Gasteiger partial charge on any atom is -0.195 e. The summed E-state index contributed by atoms with van der Waals surface area (Å²) in [6, 6.07) is 11.1. The molecule has 0 atom stereocenters. The topological polar surface area (TPSA) is 23.8 Å². The van der Waals surface area contributed by atoms with Gasteiger partial charge in [0.25, 0.3) is 0 Å². The molecule has 3 rings (SSSR count). The molecular formula is C32H46FN. The van der Waals surface area contributed by atoms with Crippen molar-refractivity contribution in [1.29, 1.82) is 5.26 Å². The average Bonchev–Trinajstić information content (AvgIpc) is 2.89. The van der Waals surface area contributed by atoms with Gasteiger partial charge in [0.1, 0.15) is 6.07 Å². The first-order valence-corrected chi connectivity index (χ1v) is 14.2. The van der Waals surface area contributed by atoms with Crippen LogP contribution in [0.3, 0.4) is 0 Å². The molecule has 2 aliphatic carbocycles. The summed E-state index contributed by atoms with van der Waals surface area (Å²) >= 11 is 0. The molecule has 2 aliphatic rings. The molecule has 1 nitrogen and oxygen atoms in total. The van der Waals surface area contributed by atoms with Crippen LogP contribution in [0.25, 0.3) is 0 Å². The minimum atomic E-state index is -0.711. The Labute approximate surface area is 208 Å². The third-order valence-corrected chi connectivity index (χ3v) is 8.54. The van der Waals surface area contributed by atoms with E-state index in [0.29, 0.717) is 0 Å². The number of aryl methyl sites for hydroxylation is 1. The van der Waals surface area contributed by atoms with Crippen molar-refractivity contribution in [2.24, 2.45) is 17.8 Å². The highest BCUT2D eigenvalue weighted by atomic mass is 19.1. The molecule has 0 amide bonds. The predicted octanol–water partition coefficient (Wildman–Crippen LogP) is 9.99. The Morgan fingerprint density at radius 1 is 0.882 bits per heavy atom. The molecule has 0 N–H and O–H groups in total. The number of nitriles is 1. The molecule has 0 spiro atoms. The normalized spacial score (nSPS) is 26.0. The van der Waals surface area contributed by atoms with Crippen LogP contribution < -0.4 is 0 Å². The molecule has 0 aromatic heterocycles. The second-order valence-electron chi connectivity index (χ2n) is 11.0. The molecule has 34 heavy (non-hydrogen) atoms. The van der Waals surface area contributed by atoms with E-state index in [1.54, 1.807) is 11.6 Å². The maximum atomic E-state index is 12.8. The van der Waals surface area contributed by atoms with Crippen LogP contribution in [0.5, 0.6) is 0 Å². The quantitative estimate of drug-likeness (QED) is 0.172. The number of rotatable bonds is 12. The fourth-order valence-electron chi connectivity index (χ4n) is 6.22. The van der Waals surface area contributed by atoms with E-state index in [2.05, 4.69) is 31.2 Å². The SMILES string of the molecule is CCCCCc1ccc([C@H]2CC[C@H](CC[C@H]3CC[C@H](CC/C=C/C=C(\F)C#N)CC3)CC2)cc1. The fourth-order valence-corrected chi connectivity index (χ4v) is 6.22. The van der Waals surface area contributed by atoms with Gasteiger partial charge in [-0.25, -0.2) is 0 Å². The van der Waals surface area contributed by atoms with Crippen molar-refractivity contribution in [2.75, 3.05) is 0 Å². The molecule has 1 aromatic carbocycles. The standard InChI is InChI=1S/C32H46FN/c1-2-3-5-8-27-17-21-30(22-18-27)31-23-19-29(20-24-31)16-15-28-13-11-26(12-14-28)9-6-4-7-10-32(33)25-34/h4,7,10,17-18,21-22,26,28-29,31H,2-3,5-6,8-9,11-16,19-20,23-24H2,1H3/b7-4+,32-10-/t26-,28-,29-,31-. The van der Waals surface area contributed by atoms with Crippen LogP contribution >= 0.6 is 0 Å². The summed E-state index contributed by atoms with van der Waals surface area (Å²) < 4.78 is 12.8. The van der Waals surface area contributed by atoms with Gasteiger partial charge in [-0.1, -0.05) is 94.7 Å².